The maximum absolute atomic E-state index is 11.5. The van der Waals surface area contributed by atoms with Gasteiger partial charge in [-0.2, -0.15) is 0 Å². The fourth-order valence-electron chi connectivity index (χ4n) is 1.91. The number of rotatable bonds is 14. The van der Waals surface area contributed by atoms with Crippen molar-refractivity contribution < 1.29 is 34.1 Å². The highest BCUT2D eigenvalue weighted by molar-refractivity contribution is 5.90. The molecule has 0 aromatic carbocycles. The van der Waals surface area contributed by atoms with Crippen molar-refractivity contribution in [3.05, 3.63) is 0 Å². The largest absolute Gasteiger partial charge is 0.481 e. The first-order valence-electron chi connectivity index (χ1n) is 9.43. The molecule has 0 fully saturated rings. The van der Waals surface area contributed by atoms with E-state index in [4.69, 9.17) is 38.9 Å². The Morgan fingerprint density at radius 3 is 1.41 bits per heavy atom. The third kappa shape index (κ3) is 17.7. The second-order valence-electron chi connectivity index (χ2n) is 6.40. The molecule has 0 aliphatic rings. The highest BCUT2D eigenvalue weighted by Crippen LogP contribution is 2.04. The Morgan fingerprint density at radius 1 is 0.690 bits per heavy atom. The Labute approximate surface area is 170 Å². The van der Waals surface area contributed by atoms with E-state index in [9.17, 15) is 19.2 Å². The molecule has 12 nitrogen and oxygen atoms in total. The number of hydrogen-bond donors (Lipinski definition) is 7. The summed E-state index contributed by atoms with van der Waals surface area (Å²) in [6.07, 6.45) is 3.70. The number of ether oxygens (including phenoxy) is 1. The molecule has 0 aliphatic carbocycles. The van der Waals surface area contributed by atoms with E-state index in [0.29, 0.717) is 25.9 Å². The molecule has 0 saturated carbocycles. The van der Waals surface area contributed by atoms with Crippen LogP contribution in [0, 0.1) is 0 Å². The Bertz CT molecular complexity index is 479. The van der Waals surface area contributed by atoms with Gasteiger partial charge in [0.15, 0.2) is 0 Å². The summed E-state index contributed by atoms with van der Waals surface area (Å²) in [4.78, 5) is 42.9. The molecule has 29 heavy (non-hydrogen) atoms. The summed E-state index contributed by atoms with van der Waals surface area (Å²) in [6, 6.07) is -2.66. The van der Waals surface area contributed by atoms with Gasteiger partial charge in [-0.15, -0.1) is 0 Å². The first-order chi connectivity index (χ1) is 13.6. The lowest BCUT2D eigenvalue weighted by Gasteiger charge is -2.13. The zero-order valence-corrected chi connectivity index (χ0v) is 16.6. The fourth-order valence-corrected chi connectivity index (χ4v) is 1.91. The molecule has 12 heteroatoms. The summed E-state index contributed by atoms with van der Waals surface area (Å²) < 4.78 is 4.64. The second kappa shape index (κ2) is 17.9. The lowest BCUT2D eigenvalue weighted by atomic mass is 10.1. The zero-order valence-electron chi connectivity index (χ0n) is 16.6. The number of carbonyl (C=O) groups excluding carboxylic acids is 2. The molecule has 12 N–H and O–H groups in total. The van der Waals surface area contributed by atoms with Crippen molar-refractivity contribution in [2.45, 2.75) is 69.5 Å². The van der Waals surface area contributed by atoms with E-state index in [1.807, 2.05) is 0 Å². The van der Waals surface area contributed by atoms with E-state index in [0.717, 1.165) is 25.7 Å². The van der Waals surface area contributed by atoms with Crippen LogP contribution in [0.25, 0.3) is 0 Å². The molecule has 0 heterocycles. The molecule has 0 saturated heterocycles. The number of carboxylic acid groups (broad SMARTS) is 2. The molecule has 0 amide bonds. The van der Waals surface area contributed by atoms with Crippen LogP contribution >= 0.6 is 0 Å². The molecule has 170 valence electrons. The first kappa shape index (κ1) is 29.1. The van der Waals surface area contributed by atoms with E-state index < -0.39 is 42.0 Å². The molecule has 0 radical (unpaired) electrons. The van der Waals surface area contributed by atoms with Gasteiger partial charge in [-0.25, -0.2) is 9.59 Å². The van der Waals surface area contributed by atoms with Gasteiger partial charge in [-0.05, 0) is 45.2 Å². The van der Waals surface area contributed by atoms with Gasteiger partial charge >= 0.3 is 23.9 Å². The average molecular weight is 421 g/mol. The van der Waals surface area contributed by atoms with E-state index in [-0.39, 0.29) is 12.8 Å². The standard InChI is InChI=1S/C12H26N4O3.C5H9NO4/c13-7-3-1-5-9(15)11(17)19-12(18)10(16)6-2-4-8-14;6-3(5(9)10)1-2-4(7)8/h9-10H,1-8,13-16H2;3H,1-2,6H2,(H,7,8)(H,9,10)/t9-,10-;3-/m00/s1. The monoisotopic (exact) mass is 421 g/mol. The van der Waals surface area contributed by atoms with Crippen LogP contribution in [0.1, 0.15) is 51.4 Å². The first-order valence-corrected chi connectivity index (χ1v) is 9.43. The molecular formula is C17H35N5O7. The smallest absolute Gasteiger partial charge is 0.330 e. The summed E-state index contributed by atoms with van der Waals surface area (Å²) in [7, 11) is 0. The Kier molecular flexibility index (Phi) is 18.0. The van der Waals surface area contributed by atoms with Gasteiger partial charge < -0.3 is 43.6 Å². The van der Waals surface area contributed by atoms with Gasteiger partial charge in [0.1, 0.15) is 18.1 Å². The Balaban J connectivity index is 0. The lowest BCUT2D eigenvalue weighted by molar-refractivity contribution is -0.161. The second-order valence-corrected chi connectivity index (χ2v) is 6.40. The molecule has 0 bridgehead atoms. The SMILES string of the molecule is NCCCC[C@H](N)C(=O)OC(=O)[C@@H](N)CCCCN.N[C@@H](CCC(=O)O)C(=O)O. The van der Waals surface area contributed by atoms with Crippen LogP contribution in [-0.4, -0.2) is 65.3 Å². The summed E-state index contributed by atoms with van der Waals surface area (Å²) in [5.41, 5.74) is 26.9. The van der Waals surface area contributed by atoms with Crippen molar-refractivity contribution in [3.63, 3.8) is 0 Å². The highest BCUT2D eigenvalue weighted by Gasteiger charge is 2.22. The predicted molar refractivity (Wildman–Crippen MR) is 105 cm³/mol. The van der Waals surface area contributed by atoms with Crippen LogP contribution in [0.4, 0.5) is 0 Å². The minimum absolute atomic E-state index is 0.0231. The van der Waals surface area contributed by atoms with Crippen LogP contribution in [0.2, 0.25) is 0 Å². The highest BCUT2D eigenvalue weighted by atomic mass is 16.6. The van der Waals surface area contributed by atoms with Crippen molar-refractivity contribution in [1.82, 2.24) is 0 Å². The van der Waals surface area contributed by atoms with E-state index >= 15 is 0 Å². The number of unbranched alkanes of at least 4 members (excludes halogenated alkanes) is 2. The summed E-state index contributed by atoms with van der Waals surface area (Å²) >= 11 is 0. The maximum Gasteiger partial charge on any atom is 0.330 e. The molecule has 0 aromatic heterocycles. The van der Waals surface area contributed by atoms with Crippen LogP contribution in [0.3, 0.4) is 0 Å². The number of aliphatic carboxylic acids is 2. The number of carboxylic acids is 2. The predicted octanol–water partition coefficient (Wildman–Crippen LogP) is -1.77. The van der Waals surface area contributed by atoms with Crippen LogP contribution in [0.5, 0.6) is 0 Å². The molecule has 0 aliphatic heterocycles. The van der Waals surface area contributed by atoms with Gasteiger partial charge in [0, 0.05) is 6.42 Å². The quantitative estimate of drug-likeness (QED) is 0.0934. The Morgan fingerprint density at radius 2 is 1.10 bits per heavy atom. The van der Waals surface area contributed by atoms with Crippen LogP contribution in [0.15, 0.2) is 0 Å². The minimum Gasteiger partial charge on any atom is -0.481 e. The van der Waals surface area contributed by atoms with Gasteiger partial charge in [-0.3, -0.25) is 9.59 Å². The number of carbonyl (C=O) groups is 4. The maximum atomic E-state index is 11.5. The molecule has 0 unspecified atom stereocenters. The average Bonchev–Trinajstić information content (AvgIpc) is 2.66. The fraction of sp³-hybridized carbons (Fsp3) is 0.765. The van der Waals surface area contributed by atoms with E-state index in [1.54, 1.807) is 0 Å². The lowest BCUT2D eigenvalue weighted by Crippen LogP contribution is -2.39. The zero-order chi connectivity index (χ0) is 22.8. The molecule has 3 atom stereocenters. The molecule has 0 rings (SSSR count). The van der Waals surface area contributed by atoms with Crippen molar-refractivity contribution in [2.75, 3.05) is 13.1 Å². The topological polar surface area (TPSA) is 248 Å². The van der Waals surface area contributed by atoms with Gasteiger partial charge in [0.2, 0.25) is 0 Å². The summed E-state index contributed by atoms with van der Waals surface area (Å²) in [6.45, 7) is 1.10. The third-order valence-corrected chi connectivity index (χ3v) is 3.73. The van der Waals surface area contributed by atoms with Gasteiger partial charge in [0.05, 0.1) is 0 Å². The van der Waals surface area contributed by atoms with Gasteiger partial charge in [0.25, 0.3) is 0 Å². The molecule has 0 aromatic rings. The minimum atomic E-state index is -1.17. The number of hydrogen-bond acceptors (Lipinski definition) is 10. The van der Waals surface area contributed by atoms with Crippen LogP contribution in [-0.2, 0) is 23.9 Å². The number of esters is 2. The normalized spacial score (nSPS) is 13.4. The van der Waals surface area contributed by atoms with E-state index in [1.165, 1.54) is 0 Å². The van der Waals surface area contributed by atoms with Crippen molar-refractivity contribution in [3.8, 4) is 0 Å². The number of nitrogens with two attached hydrogens (primary N) is 5. The van der Waals surface area contributed by atoms with Crippen molar-refractivity contribution in [1.29, 1.82) is 0 Å². The summed E-state index contributed by atoms with van der Waals surface area (Å²) in [5.74, 6) is -3.65. The molecule has 0 spiro atoms. The summed E-state index contributed by atoms with van der Waals surface area (Å²) in [5, 5.41) is 16.3. The molecular weight excluding hydrogens is 386 g/mol. The van der Waals surface area contributed by atoms with Gasteiger partial charge in [-0.1, -0.05) is 12.8 Å². The Hall–Kier alpha value is -2.12. The van der Waals surface area contributed by atoms with Crippen LogP contribution < -0.4 is 28.7 Å². The van der Waals surface area contributed by atoms with E-state index in [2.05, 4.69) is 4.74 Å². The third-order valence-electron chi connectivity index (χ3n) is 3.73. The van der Waals surface area contributed by atoms with Crippen molar-refractivity contribution in [2.24, 2.45) is 28.7 Å². The van der Waals surface area contributed by atoms with Crippen molar-refractivity contribution >= 4 is 23.9 Å².